The molecule has 0 aromatic heterocycles. The zero-order valence-electron chi connectivity index (χ0n) is 11.7. The van der Waals surface area contributed by atoms with E-state index in [0.717, 1.165) is 25.7 Å². The number of aliphatic hydroxyl groups excluding tert-OH is 2. The van der Waals surface area contributed by atoms with Crippen molar-refractivity contribution in [3.05, 3.63) is 11.8 Å². The number of hydrogen-bond acceptors (Lipinski definition) is 5. The monoisotopic (exact) mass is 281 g/mol. The van der Waals surface area contributed by atoms with E-state index in [9.17, 15) is 4.79 Å². The van der Waals surface area contributed by atoms with Crippen molar-refractivity contribution in [1.82, 2.24) is 10.2 Å². The van der Waals surface area contributed by atoms with Crippen LogP contribution in [0.25, 0.3) is 0 Å². The van der Waals surface area contributed by atoms with Gasteiger partial charge in [0.05, 0.1) is 13.2 Å². The van der Waals surface area contributed by atoms with E-state index in [2.05, 4.69) is 5.32 Å². The molecule has 0 aromatic carbocycles. The number of nitrogens with one attached hydrogen (secondary N) is 1. The summed E-state index contributed by atoms with van der Waals surface area (Å²) in [4.78, 5) is 13.6. The molecule has 0 heterocycles. The van der Waals surface area contributed by atoms with Crippen LogP contribution in [0.15, 0.2) is 11.8 Å². The van der Waals surface area contributed by atoms with Crippen LogP contribution in [0, 0.1) is 11.3 Å². The molecule has 0 aliphatic heterocycles. The minimum Gasteiger partial charge on any atom is -0.395 e. The lowest BCUT2D eigenvalue weighted by molar-refractivity contribution is -0.118. The number of nitriles is 1. The van der Waals surface area contributed by atoms with Crippen LogP contribution in [0.2, 0.25) is 0 Å². The van der Waals surface area contributed by atoms with Crippen molar-refractivity contribution >= 4 is 5.91 Å². The molecule has 1 aliphatic carbocycles. The van der Waals surface area contributed by atoms with Gasteiger partial charge in [0, 0.05) is 25.3 Å². The molecule has 0 radical (unpaired) electrons. The summed E-state index contributed by atoms with van der Waals surface area (Å²) >= 11 is 0. The average molecular weight is 281 g/mol. The normalized spacial score (nSPS) is 16.6. The van der Waals surface area contributed by atoms with Gasteiger partial charge in [0.2, 0.25) is 0 Å². The van der Waals surface area contributed by atoms with E-state index >= 15 is 0 Å². The molecular weight excluding hydrogens is 258 g/mol. The van der Waals surface area contributed by atoms with Gasteiger partial charge >= 0.3 is 0 Å². The first-order valence-electron chi connectivity index (χ1n) is 7.09. The van der Waals surface area contributed by atoms with E-state index in [1.165, 1.54) is 12.6 Å². The van der Waals surface area contributed by atoms with E-state index in [1.807, 2.05) is 6.07 Å². The maximum absolute atomic E-state index is 12.0. The molecule has 6 nitrogen and oxygen atoms in total. The molecule has 20 heavy (non-hydrogen) atoms. The molecule has 0 saturated heterocycles. The number of carbonyl (C=O) groups is 1. The Morgan fingerprint density at radius 2 is 1.85 bits per heavy atom. The molecule has 1 amide bonds. The molecule has 0 unspecified atom stereocenters. The molecule has 0 aromatic rings. The highest BCUT2D eigenvalue weighted by Crippen LogP contribution is 2.17. The molecule has 1 saturated carbocycles. The number of hydrogen-bond donors (Lipinski definition) is 3. The van der Waals surface area contributed by atoms with Crippen molar-refractivity contribution in [2.45, 2.75) is 38.1 Å². The quantitative estimate of drug-likeness (QED) is 0.455. The van der Waals surface area contributed by atoms with Crippen LogP contribution in [-0.4, -0.2) is 53.4 Å². The Balaban J connectivity index is 2.62. The average Bonchev–Trinajstić information content (AvgIpc) is 2.46. The first-order chi connectivity index (χ1) is 9.71. The van der Waals surface area contributed by atoms with E-state index in [4.69, 9.17) is 15.5 Å². The number of nitrogens with zero attached hydrogens (tertiary/aromatic N) is 2. The minimum atomic E-state index is -0.375. The van der Waals surface area contributed by atoms with Crippen LogP contribution in [0.4, 0.5) is 0 Å². The number of amides is 1. The highest BCUT2D eigenvalue weighted by atomic mass is 16.3. The standard InChI is InChI=1S/C14H23N3O3/c15-10-12(11-17(6-8-18)7-9-19)14(20)16-13-4-2-1-3-5-13/h11,13,18-19H,1-9H2,(H,16,20)/b12-11-. The molecule has 6 heteroatoms. The fraction of sp³-hybridized carbons (Fsp3) is 0.714. The molecule has 1 rings (SSSR count). The second-order valence-electron chi connectivity index (χ2n) is 4.95. The second-order valence-corrected chi connectivity index (χ2v) is 4.95. The smallest absolute Gasteiger partial charge is 0.263 e. The molecular formula is C14H23N3O3. The third-order valence-electron chi connectivity index (χ3n) is 3.39. The van der Waals surface area contributed by atoms with Crippen molar-refractivity contribution in [3.63, 3.8) is 0 Å². The highest BCUT2D eigenvalue weighted by molar-refractivity contribution is 5.97. The maximum Gasteiger partial charge on any atom is 0.263 e. The zero-order chi connectivity index (χ0) is 14.8. The first-order valence-corrected chi connectivity index (χ1v) is 7.09. The minimum absolute atomic E-state index is 0.0115. The van der Waals surface area contributed by atoms with Gasteiger partial charge in [-0.25, -0.2) is 0 Å². The molecule has 0 spiro atoms. The summed E-state index contributed by atoms with van der Waals surface area (Å²) in [6.07, 6.45) is 6.75. The van der Waals surface area contributed by atoms with Gasteiger partial charge < -0.3 is 20.4 Å². The Labute approximate surface area is 119 Å². The van der Waals surface area contributed by atoms with Crippen LogP contribution in [0.5, 0.6) is 0 Å². The second kappa shape index (κ2) is 9.34. The Morgan fingerprint density at radius 1 is 1.25 bits per heavy atom. The largest absolute Gasteiger partial charge is 0.395 e. The Kier molecular flexibility index (Phi) is 7.70. The summed E-state index contributed by atoms with van der Waals surface area (Å²) in [5.74, 6) is -0.375. The molecule has 1 fully saturated rings. The van der Waals surface area contributed by atoms with Crippen LogP contribution in [0.1, 0.15) is 32.1 Å². The third-order valence-corrected chi connectivity index (χ3v) is 3.39. The summed E-state index contributed by atoms with van der Waals surface area (Å²) in [7, 11) is 0. The molecule has 3 N–H and O–H groups in total. The van der Waals surface area contributed by atoms with Gasteiger partial charge in [0.25, 0.3) is 5.91 Å². The van der Waals surface area contributed by atoms with Gasteiger partial charge in [-0.15, -0.1) is 0 Å². The van der Waals surface area contributed by atoms with E-state index in [1.54, 1.807) is 4.90 Å². The Hall–Kier alpha value is -1.58. The highest BCUT2D eigenvalue weighted by Gasteiger charge is 2.18. The summed E-state index contributed by atoms with van der Waals surface area (Å²) < 4.78 is 0. The summed E-state index contributed by atoms with van der Waals surface area (Å²) in [5, 5.41) is 29.8. The predicted octanol–water partition coefficient (Wildman–Crippen LogP) is 0.129. The lowest BCUT2D eigenvalue weighted by Crippen LogP contribution is -2.37. The number of carbonyl (C=O) groups excluding carboxylic acids is 1. The van der Waals surface area contributed by atoms with Crippen molar-refractivity contribution in [1.29, 1.82) is 5.26 Å². The first kappa shape index (κ1) is 16.5. The topological polar surface area (TPSA) is 96.6 Å². The van der Waals surface area contributed by atoms with Crippen molar-refractivity contribution in [3.8, 4) is 6.07 Å². The maximum atomic E-state index is 12.0. The van der Waals surface area contributed by atoms with E-state index in [0.29, 0.717) is 0 Å². The number of rotatable bonds is 7. The van der Waals surface area contributed by atoms with Gasteiger partial charge in [0.15, 0.2) is 0 Å². The molecule has 112 valence electrons. The number of aliphatic hydroxyl groups is 2. The fourth-order valence-corrected chi connectivity index (χ4v) is 2.33. The Morgan fingerprint density at radius 3 is 2.35 bits per heavy atom. The predicted molar refractivity (Wildman–Crippen MR) is 74.5 cm³/mol. The molecule has 1 aliphatic rings. The zero-order valence-corrected chi connectivity index (χ0v) is 11.7. The molecule has 0 atom stereocenters. The summed E-state index contributed by atoms with van der Waals surface area (Å²) in [6, 6.07) is 2.03. The van der Waals surface area contributed by atoms with Gasteiger partial charge in [0.1, 0.15) is 11.6 Å². The van der Waals surface area contributed by atoms with Crippen LogP contribution >= 0.6 is 0 Å². The van der Waals surface area contributed by atoms with Gasteiger partial charge in [-0.1, -0.05) is 19.3 Å². The lowest BCUT2D eigenvalue weighted by Gasteiger charge is -2.23. The summed E-state index contributed by atoms with van der Waals surface area (Å²) in [5.41, 5.74) is 0.0115. The molecule has 0 bridgehead atoms. The van der Waals surface area contributed by atoms with Crippen molar-refractivity contribution in [2.24, 2.45) is 0 Å². The van der Waals surface area contributed by atoms with Crippen LogP contribution in [-0.2, 0) is 4.79 Å². The fourth-order valence-electron chi connectivity index (χ4n) is 2.33. The van der Waals surface area contributed by atoms with Gasteiger partial charge in [-0.2, -0.15) is 5.26 Å². The lowest BCUT2D eigenvalue weighted by atomic mass is 9.95. The Bertz CT molecular complexity index is 364. The van der Waals surface area contributed by atoms with Crippen molar-refractivity contribution in [2.75, 3.05) is 26.3 Å². The van der Waals surface area contributed by atoms with E-state index < -0.39 is 0 Å². The summed E-state index contributed by atoms with van der Waals surface area (Å²) in [6.45, 7) is 0.365. The van der Waals surface area contributed by atoms with E-state index in [-0.39, 0.29) is 43.8 Å². The van der Waals surface area contributed by atoms with Crippen LogP contribution < -0.4 is 5.32 Å². The van der Waals surface area contributed by atoms with Crippen LogP contribution in [0.3, 0.4) is 0 Å². The SMILES string of the molecule is N#C/C(=C/N(CCO)CCO)C(=O)NC1CCCCC1. The third kappa shape index (κ3) is 5.59. The van der Waals surface area contributed by atoms with Crippen molar-refractivity contribution < 1.29 is 15.0 Å². The van der Waals surface area contributed by atoms with Gasteiger partial charge in [-0.05, 0) is 12.8 Å². The van der Waals surface area contributed by atoms with Gasteiger partial charge in [-0.3, -0.25) is 4.79 Å².